The van der Waals surface area contributed by atoms with Crippen molar-refractivity contribution in [3.05, 3.63) is 5.21 Å². The summed E-state index contributed by atoms with van der Waals surface area (Å²) in [6, 6.07) is -0.431. The molecule has 1 unspecified atom stereocenters. The molecule has 1 saturated heterocycles. The lowest BCUT2D eigenvalue weighted by molar-refractivity contribution is -0.746. The molecule has 4 heteroatoms. The van der Waals surface area contributed by atoms with Gasteiger partial charge in [-0.15, -0.1) is 0 Å². The zero-order valence-electron chi connectivity index (χ0n) is 3.73. The maximum Gasteiger partial charge on any atom is 0.415 e. The smallest absolute Gasteiger partial charge is 0.415 e. The van der Waals surface area contributed by atoms with Crippen molar-refractivity contribution in [1.82, 2.24) is 5.32 Å². The number of quaternary nitrogens is 1. The second-order valence-corrected chi connectivity index (χ2v) is 1.43. The number of hydrogen-bond donors (Lipinski definition) is 2. The fourth-order valence-corrected chi connectivity index (χ4v) is 0.502. The maximum atomic E-state index is 10.2. The Morgan fingerprint density at radius 1 is 1.86 bits per heavy atom. The van der Waals surface area contributed by atoms with Gasteiger partial charge in [-0.3, -0.25) is 10.4 Å². The molecule has 0 saturated carbocycles. The molecule has 1 fully saturated rings. The predicted octanol–water partition coefficient (Wildman–Crippen LogP) is -1.91. The van der Waals surface area contributed by atoms with Crippen molar-refractivity contribution < 1.29 is 9.86 Å². The van der Waals surface area contributed by atoms with Gasteiger partial charge in [-0.2, -0.15) is 0 Å². The fourth-order valence-electron chi connectivity index (χ4n) is 0.502. The molecule has 1 atom stereocenters. The third kappa shape index (κ3) is 0.703. The Kier molecular flexibility index (Phi) is 0.958. The molecule has 1 rings (SSSR count). The normalized spacial score (nSPS) is 30.4. The third-order valence-corrected chi connectivity index (χ3v) is 0.891. The van der Waals surface area contributed by atoms with Crippen LogP contribution in [-0.4, -0.2) is 19.1 Å². The SMILES string of the molecule is O=C1NCC[NH+]1[O-]. The predicted molar refractivity (Wildman–Crippen MR) is 22.6 cm³/mol. The van der Waals surface area contributed by atoms with Crippen molar-refractivity contribution in [2.24, 2.45) is 0 Å². The molecule has 0 aromatic rings. The van der Waals surface area contributed by atoms with Crippen molar-refractivity contribution >= 4 is 6.03 Å². The molecular weight excluding hydrogens is 96.0 g/mol. The Labute approximate surface area is 40.7 Å². The van der Waals surface area contributed by atoms with Crippen LogP contribution in [0, 0.1) is 5.21 Å². The van der Waals surface area contributed by atoms with E-state index in [9.17, 15) is 10.0 Å². The van der Waals surface area contributed by atoms with E-state index in [1.54, 1.807) is 0 Å². The maximum absolute atomic E-state index is 10.2. The number of hydrogen-bond acceptors (Lipinski definition) is 2. The first-order chi connectivity index (χ1) is 3.30. The summed E-state index contributed by atoms with van der Waals surface area (Å²) < 4.78 is 0. The average Bonchev–Trinajstić information content (AvgIpc) is 1.91. The van der Waals surface area contributed by atoms with E-state index >= 15 is 0 Å². The van der Waals surface area contributed by atoms with Gasteiger partial charge in [-0.05, 0) is 0 Å². The number of hydroxylamine groups is 2. The second kappa shape index (κ2) is 1.48. The topological polar surface area (TPSA) is 56.6 Å². The van der Waals surface area contributed by atoms with Crippen LogP contribution in [0.1, 0.15) is 0 Å². The zero-order chi connectivity index (χ0) is 5.28. The summed E-state index contributed by atoms with van der Waals surface area (Å²) in [4.78, 5) is 10.1. The summed E-state index contributed by atoms with van der Waals surface area (Å²) in [7, 11) is 0. The van der Waals surface area contributed by atoms with E-state index in [0.29, 0.717) is 13.1 Å². The van der Waals surface area contributed by atoms with Crippen LogP contribution in [0.25, 0.3) is 0 Å². The van der Waals surface area contributed by atoms with Crippen molar-refractivity contribution in [2.45, 2.75) is 0 Å². The fraction of sp³-hybridized carbons (Fsp3) is 0.667. The first-order valence-corrected chi connectivity index (χ1v) is 2.12. The van der Waals surface area contributed by atoms with Crippen molar-refractivity contribution in [3.8, 4) is 0 Å². The Morgan fingerprint density at radius 3 is 2.71 bits per heavy atom. The molecule has 40 valence electrons. The Balaban J connectivity index is 2.48. The van der Waals surface area contributed by atoms with Gasteiger partial charge in [0.05, 0.1) is 6.54 Å². The molecule has 0 bridgehead atoms. The van der Waals surface area contributed by atoms with Gasteiger partial charge in [0.15, 0.2) is 0 Å². The van der Waals surface area contributed by atoms with Gasteiger partial charge in [0.25, 0.3) is 0 Å². The van der Waals surface area contributed by atoms with Crippen LogP contribution < -0.4 is 10.4 Å². The number of amides is 2. The minimum Gasteiger partial charge on any atom is -0.625 e. The molecule has 7 heavy (non-hydrogen) atoms. The van der Waals surface area contributed by atoms with E-state index in [1.807, 2.05) is 0 Å². The summed E-state index contributed by atoms with van der Waals surface area (Å²) in [5.41, 5.74) is 0. The monoisotopic (exact) mass is 102 g/mol. The van der Waals surface area contributed by atoms with Crippen LogP contribution in [0.2, 0.25) is 0 Å². The Bertz CT molecular complexity index is 92.9. The molecule has 1 heterocycles. The molecule has 4 nitrogen and oxygen atoms in total. The zero-order valence-corrected chi connectivity index (χ0v) is 3.73. The van der Waals surface area contributed by atoms with Gasteiger partial charge in [0.1, 0.15) is 6.54 Å². The first kappa shape index (κ1) is 4.55. The lowest BCUT2D eigenvalue weighted by Crippen LogP contribution is -3.08. The van der Waals surface area contributed by atoms with E-state index in [0.717, 1.165) is 0 Å². The molecular formula is C3H6N2O2. The first-order valence-electron chi connectivity index (χ1n) is 2.12. The van der Waals surface area contributed by atoms with Crippen molar-refractivity contribution in [1.29, 1.82) is 0 Å². The van der Waals surface area contributed by atoms with Gasteiger partial charge in [-0.25, -0.2) is 4.79 Å². The van der Waals surface area contributed by atoms with Gasteiger partial charge < -0.3 is 5.21 Å². The highest BCUT2D eigenvalue weighted by atomic mass is 16.5. The molecule has 2 N–H and O–H groups in total. The summed E-state index contributed by atoms with van der Waals surface area (Å²) in [5, 5.41) is 12.3. The van der Waals surface area contributed by atoms with Crippen molar-refractivity contribution in [2.75, 3.05) is 13.1 Å². The number of rotatable bonds is 0. The highest BCUT2D eigenvalue weighted by molar-refractivity contribution is 5.65. The number of urea groups is 1. The van der Waals surface area contributed by atoms with Gasteiger partial charge in [-0.1, -0.05) is 0 Å². The van der Waals surface area contributed by atoms with Crippen LogP contribution in [0.15, 0.2) is 0 Å². The number of carbonyl (C=O) groups excluding carboxylic acids is 1. The molecule has 0 aromatic heterocycles. The van der Waals surface area contributed by atoms with E-state index < -0.39 is 6.03 Å². The molecule has 0 radical (unpaired) electrons. The number of carbonyl (C=O) groups is 1. The van der Waals surface area contributed by atoms with E-state index in [2.05, 4.69) is 5.32 Å². The van der Waals surface area contributed by atoms with Gasteiger partial charge >= 0.3 is 6.03 Å². The largest absolute Gasteiger partial charge is 0.625 e. The highest BCUT2D eigenvalue weighted by Gasteiger charge is 2.16. The number of nitrogens with one attached hydrogen (secondary N) is 2. The van der Waals surface area contributed by atoms with E-state index in [4.69, 9.17) is 0 Å². The van der Waals surface area contributed by atoms with E-state index in [1.165, 1.54) is 0 Å². The Morgan fingerprint density at radius 2 is 2.57 bits per heavy atom. The lowest BCUT2D eigenvalue weighted by atomic mass is 10.7. The van der Waals surface area contributed by atoms with Crippen LogP contribution in [-0.2, 0) is 0 Å². The quantitative estimate of drug-likeness (QED) is 0.351. The second-order valence-electron chi connectivity index (χ2n) is 1.43. The molecule has 2 amide bonds. The standard InChI is InChI=1S/C3H6N2O2/c6-3-4-1-2-5(3)7/h5H,1-2H2,(H,4,6). The molecule has 1 aliphatic rings. The third-order valence-electron chi connectivity index (χ3n) is 0.891. The van der Waals surface area contributed by atoms with Crippen LogP contribution in [0.5, 0.6) is 0 Å². The minimum absolute atomic E-state index is 0.292. The van der Waals surface area contributed by atoms with Crippen molar-refractivity contribution in [3.63, 3.8) is 0 Å². The van der Waals surface area contributed by atoms with E-state index in [-0.39, 0.29) is 5.06 Å². The average molecular weight is 102 g/mol. The van der Waals surface area contributed by atoms with Crippen LogP contribution >= 0.6 is 0 Å². The lowest BCUT2D eigenvalue weighted by Gasteiger charge is -2.06. The highest BCUT2D eigenvalue weighted by Crippen LogP contribution is 1.62. The molecule has 0 spiro atoms. The molecule has 1 aliphatic heterocycles. The minimum atomic E-state index is -0.431. The summed E-state index contributed by atoms with van der Waals surface area (Å²) in [6.07, 6.45) is 0. The van der Waals surface area contributed by atoms with Crippen LogP contribution in [0.4, 0.5) is 4.79 Å². The molecule has 0 aliphatic carbocycles. The summed E-state index contributed by atoms with van der Waals surface area (Å²) in [5.74, 6) is 0. The Hall–Kier alpha value is -0.610. The summed E-state index contributed by atoms with van der Waals surface area (Å²) in [6.45, 7) is 0.899. The summed E-state index contributed by atoms with van der Waals surface area (Å²) >= 11 is 0. The van der Waals surface area contributed by atoms with Gasteiger partial charge in [0.2, 0.25) is 0 Å². The molecule has 0 aromatic carbocycles. The van der Waals surface area contributed by atoms with Crippen LogP contribution in [0.3, 0.4) is 0 Å². The van der Waals surface area contributed by atoms with Gasteiger partial charge in [0, 0.05) is 0 Å².